The van der Waals surface area contributed by atoms with Crippen LogP contribution in [0.4, 0.5) is 0 Å². The zero-order valence-corrected chi connectivity index (χ0v) is 22.3. The van der Waals surface area contributed by atoms with Crippen molar-refractivity contribution in [2.45, 2.75) is 88.8 Å². The quantitative estimate of drug-likeness (QED) is 0.292. The predicted octanol–water partition coefficient (Wildman–Crippen LogP) is 6.68. The van der Waals surface area contributed by atoms with Crippen molar-refractivity contribution in [2.75, 3.05) is 0 Å². The lowest BCUT2D eigenvalue weighted by molar-refractivity contribution is -0.122. The molecule has 198 valence electrons. The summed E-state index contributed by atoms with van der Waals surface area (Å²) in [5.74, 6) is 0.789. The van der Waals surface area contributed by atoms with Gasteiger partial charge in [0, 0.05) is 59.7 Å². The molecule has 1 amide bonds. The topological polar surface area (TPSA) is 72.9 Å². The third-order valence-electron chi connectivity index (χ3n) is 8.91. The van der Waals surface area contributed by atoms with Gasteiger partial charge in [0.15, 0.2) is 0 Å². The number of nitrogens with one attached hydrogen (secondary N) is 1. The number of carbonyl (C=O) groups excluding carboxylic acids is 1. The molecule has 0 aliphatic heterocycles. The van der Waals surface area contributed by atoms with Crippen molar-refractivity contribution in [3.63, 3.8) is 0 Å². The molecule has 2 fully saturated rings. The fraction of sp³-hybridized carbons (Fsp3) is 0.455. The fourth-order valence-corrected chi connectivity index (χ4v) is 6.77. The number of pyridine rings is 1. The van der Waals surface area contributed by atoms with E-state index in [0.717, 1.165) is 54.6 Å². The molecule has 2 aliphatic rings. The zero-order chi connectivity index (χ0) is 25.9. The summed E-state index contributed by atoms with van der Waals surface area (Å²) in [7, 11) is 0. The van der Waals surface area contributed by atoms with Crippen molar-refractivity contribution < 1.29 is 4.79 Å². The number of rotatable bonds is 7. The van der Waals surface area contributed by atoms with Crippen LogP contribution in [-0.4, -0.2) is 27.5 Å². The molecule has 0 spiro atoms. The second-order valence-electron chi connectivity index (χ2n) is 11.7. The number of benzene rings is 2. The number of nitrogens with two attached hydrogens (primary N) is 1. The molecular formula is C33H40N4O. The van der Waals surface area contributed by atoms with Crippen molar-refractivity contribution in [1.82, 2.24) is 14.9 Å². The Bertz CT molecular complexity index is 1390. The molecule has 0 saturated heterocycles. The number of nitrogens with zero attached hydrogens (tertiary/aromatic N) is 2. The van der Waals surface area contributed by atoms with Gasteiger partial charge in [-0.05, 0) is 73.8 Å². The van der Waals surface area contributed by atoms with Gasteiger partial charge in [0.2, 0.25) is 5.91 Å². The molecule has 5 nitrogen and oxygen atoms in total. The number of hydrogen-bond acceptors (Lipinski definition) is 3. The maximum Gasteiger partial charge on any atom is 0.221 e. The number of para-hydroxylation sites is 2. The van der Waals surface area contributed by atoms with E-state index in [1.54, 1.807) is 0 Å². The molecule has 2 saturated carbocycles. The smallest absolute Gasteiger partial charge is 0.221 e. The lowest BCUT2D eigenvalue weighted by Gasteiger charge is -2.27. The molecule has 6 rings (SSSR count). The highest BCUT2D eigenvalue weighted by Crippen LogP contribution is 2.37. The van der Waals surface area contributed by atoms with Crippen molar-refractivity contribution in [3.8, 4) is 0 Å². The highest BCUT2D eigenvalue weighted by molar-refractivity contribution is 5.87. The van der Waals surface area contributed by atoms with Crippen LogP contribution in [0, 0.1) is 5.92 Å². The zero-order valence-electron chi connectivity index (χ0n) is 22.3. The molecule has 1 unspecified atom stereocenters. The Hall–Kier alpha value is -3.18. The van der Waals surface area contributed by atoms with E-state index < -0.39 is 0 Å². The van der Waals surface area contributed by atoms with E-state index in [-0.39, 0.29) is 23.9 Å². The monoisotopic (exact) mass is 508 g/mol. The molecule has 38 heavy (non-hydrogen) atoms. The first-order valence-corrected chi connectivity index (χ1v) is 14.6. The van der Waals surface area contributed by atoms with Crippen molar-refractivity contribution in [1.29, 1.82) is 0 Å². The van der Waals surface area contributed by atoms with E-state index in [2.05, 4.69) is 58.5 Å². The van der Waals surface area contributed by atoms with Gasteiger partial charge < -0.3 is 15.6 Å². The Morgan fingerprint density at radius 3 is 2.58 bits per heavy atom. The van der Waals surface area contributed by atoms with Crippen LogP contribution in [0.25, 0.3) is 21.8 Å². The predicted molar refractivity (Wildman–Crippen MR) is 155 cm³/mol. The van der Waals surface area contributed by atoms with Gasteiger partial charge in [-0.15, -0.1) is 0 Å². The Kier molecular flexibility index (Phi) is 7.46. The first kappa shape index (κ1) is 25.1. The molecule has 2 heterocycles. The largest absolute Gasteiger partial charge is 0.353 e. The van der Waals surface area contributed by atoms with Crippen LogP contribution in [0.2, 0.25) is 0 Å². The second-order valence-corrected chi connectivity index (χ2v) is 11.7. The van der Waals surface area contributed by atoms with Gasteiger partial charge in [0.1, 0.15) is 0 Å². The molecule has 4 aromatic rings. The van der Waals surface area contributed by atoms with Crippen LogP contribution in [0.15, 0.2) is 67.0 Å². The number of aromatic nitrogens is 2. The van der Waals surface area contributed by atoms with Gasteiger partial charge in [0.25, 0.3) is 0 Å². The summed E-state index contributed by atoms with van der Waals surface area (Å²) >= 11 is 0. The first-order chi connectivity index (χ1) is 18.6. The summed E-state index contributed by atoms with van der Waals surface area (Å²) in [4.78, 5) is 18.3. The van der Waals surface area contributed by atoms with Crippen LogP contribution in [0.3, 0.4) is 0 Å². The minimum absolute atomic E-state index is 0.0598. The van der Waals surface area contributed by atoms with E-state index in [1.165, 1.54) is 48.6 Å². The number of amides is 1. The van der Waals surface area contributed by atoms with Crippen molar-refractivity contribution >= 4 is 27.7 Å². The van der Waals surface area contributed by atoms with E-state index in [4.69, 9.17) is 10.7 Å². The summed E-state index contributed by atoms with van der Waals surface area (Å²) in [5, 5.41) is 5.71. The van der Waals surface area contributed by atoms with E-state index in [9.17, 15) is 4.79 Å². The molecule has 0 bridgehead atoms. The highest BCUT2D eigenvalue weighted by Gasteiger charge is 2.26. The van der Waals surface area contributed by atoms with Crippen molar-refractivity contribution in [3.05, 3.63) is 78.1 Å². The lowest BCUT2D eigenvalue weighted by atomic mass is 9.87. The lowest BCUT2D eigenvalue weighted by Crippen LogP contribution is -2.40. The molecule has 2 aliphatic carbocycles. The maximum atomic E-state index is 13.5. The van der Waals surface area contributed by atoms with Crippen LogP contribution >= 0.6 is 0 Å². The second kappa shape index (κ2) is 11.3. The van der Waals surface area contributed by atoms with Gasteiger partial charge in [0.05, 0.1) is 5.52 Å². The van der Waals surface area contributed by atoms with E-state index >= 15 is 0 Å². The summed E-state index contributed by atoms with van der Waals surface area (Å²) in [6, 6.07) is 19.7. The third kappa shape index (κ3) is 5.49. The maximum absolute atomic E-state index is 13.5. The Morgan fingerprint density at radius 2 is 1.74 bits per heavy atom. The Morgan fingerprint density at radius 1 is 0.974 bits per heavy atom. The van der Waals surface area contributed by atoms with Crippen molar-refractivity contribution in [2.24, 2.45) is 11.7 Å². The van der Waals surface area contributed by atoms with Gasteiger partial charge in [-0.1, -0.05) is 55.7 Å². The summed E-state index contributed by atoms with van der Waals surface area (Å²) in [5.41, 5.74) is 10.7. The SMILES string of the molecule is N[C@H]1CC[C@H](NC(=O)CC(c2cnc3ccccc3c2)c2cn(CC3CCCCC3)c3ccccc23)CC1. The molecule has 2 aromatic carbocycles. The standard InChI is InChI=1S/C33H40N4O/c34-26-14-16-27(17-15-26)36-33(38)19-29(25-18-24-10-4-6-12-31(24)35-20-25)30-22-37(21-23-8-2-1-3-9-23)32-13-7-5-11-28(30)32/h4-7,10-13,18,20,22-23,26-27,29H,1-3,8-9,14-17,19,21,34H2,(H,36,38)/t26-,27-,29?. The number of carbonyl (C=O) groups is 1. The normalized spacial score (nSPS) is 21.5. The third-order valence-corrected chi connectivity index (χ3v) is 8.91. The fourth-order valence-electron chi connectivity index (χ4n) is 6.77. The van der Waals surface area contributed by atoms with E-state index in [0.29, 0.717) is 6.42 Å². The Balaban J connectivity index is 1.35. The number of fused-ring (bicyclic) bond motifs is 2. The van der Waals surface area contributed by atoms with Gasteiger partial charge in [-0.2, -0.15) is 0 Å². The average molecular weight is 509 g/mol. The van der Waals surface area contributed by atoms with Gasteiger partial charge in [-0.25, -0.2) is 0 Å². The van der Waals surface area contributed by atoms with Gasteiger partial charge >= 0.3 is 0 Å². The van der Waals surface area contributed by atoms with Crippen LogP contribution in [0.1, 0.15) is 81.3 Å². The Labute approximate surface area is 225 Å². The molecule has 1 atom stereocenters. The highest BCUT2D eigenvalue weighted by atomic mass is 16.1. The van der Waals surface area contributed by atoms with Gasteiger partial charge in [-0.3, -0.25) is 9.78 Å². The average Bonchev–Trinajstić information content (AvgIpc) is 3.31. The van der Waals surface area contributed by atoms with Crippen LogP contribution in [-0.2, 0) is 11.3 Å². The molecule has 5 heteroatoms. The van der Waals surface area contributed by atoms with Crippen LogP contribution < -0.4 is 11.1 Å². The molecule has 0 radical (unpaired) electrons. The van der Waals surface area contributed by atoms with E-state index in [1.807, 2.05) is 18.3 Å². The minimum Gasteiger partial charge on any atom is -0.353 e. The summed E-state index contributed by atoms with van der Waals surface area (Å²) in [6.45, 7) is 1.05. The van der Waals surface area contributed by atoms with Crippen LogP contribution in [0.5, 0.6) is 0 Å². The first-order valence-electron chi connectivity index (χ1n) is 14.6. The molecule has 3 N–H and O–H groups in total. The minimum atomic E-state index is -0.0598. The summed E-state index contributed by atoms with van der Waals surface area (Å²) in [6.07, 6.45) is 15.3. The number of hydrogen-bond donors (Lipinski definition) is 2. The molecular weight excluding hydrogens is 468 g/mol. The summed E-state index contributed by atoms with van der Waals surface area (Å²) < 4.78 is 2.46. The molecule has 2 aromatic heterocycles.